The summed E-state index contributed by atoms with van der Waals surface area (Å²) in [6.45, 7) is 5.22. The van der Waals surface area contributed by atoms with E-state index in [1.807, 2.05) is 0 Å². The van der Waals surface area contributed by atoms with Gasteiger partial charge in [-0.25, -0.2) is 0 Å². The van der Waals surface area contributed by atoms with Gasteiger partial charge in [0.25, 0.3) is 0 Å². The summed E-state index contributed by atoms with van der Waals surface area (Å²) in [6.07, 6.45) is 6.59. The molecule has 2 atom stereocenters. The zero-order chi connectivity index (χ0) is 10.5. The van der Waals surface area contributed by atoms with Crippen molar-refractivity contribution >= 4 is 12.4 Å². The second-order valence-electron chi connectivity index (χ2n) is 4.96. The minimum Gasteiger partial charge on any atom is -0.381 e. The minimum atomic E-state index is 0. The van der Waals surface area contributed by atoms with Gasteiger partial charge >= 0.3 is 0 Å². The molecule has 0 aromatic rings. The number of rotatable bonds is 3. The van der Waals surface area contributed by atoms with Crippen LogP contribution in [0.25, 0.3) is 0 Å². The Morgan fingerprint density at radius 1 is 1.19 bits per heavy atom. The topological polar surface area (TPSA) is 38.5 Å². The summed E-state index contributed by atoms with van der Waals surface area (Å²) in [6, 6.07) is 0.640. The molecule has 0 aromatic heterocycles. The molecule has 2 N–H and O–H groups in total. The predicted octanol–water partition coefficient (Wildman–Crippen LogP) is 1.65. The number of nitrogens with two attached hydrogens (primary N) is 1. The highest BCUT2D eigenvalue weighted by atomic mass is 35.5. The molecule has 0 amide bonds. The normalized spacial score (nSPS) is 32.1. The Bertz CT molecular complexity index is 186. The van der Waals surface area contributed by atoms with E-state index in [2.05, 4.69) is 4.90 Å². The van der Waals surface area contributed by atoms with E-state index in [1.165, 1.54) is 45.2 Å². The monoisotopic (exact) mass is 248 g/mol. The number of ether oxygens (including phenoxy) is 1. The van der Waals surface area contributed by atoms with Gasteiger partial charge < -0.3 is 10.5 Å². The van der Waals surface area contributed by atoms with Crippen LogP contribution in [0.3, 0.4) is 0 Å². The van der Waals surface area contributed by atoms with Crippen LogP contribution in [-0.4, -0.2) is 43.8 Å². The zero-order valence-electron chi connectivity index (χ0n) is 10.1. The van der Waals surface area contributed by atoms with Crippen LogP contribution in [0, 0.1) is 5.92 Å². The van der Waals surface area contributed by atoms with Crippen LogP contribution in [0.4, 0.5) is 0 Å². The van der Waals surface area contributed by atoms with Crippen LogP contribution in [-0.2, 0) is 4.74 Å². The zero-order valence-corrected chi connectivity index (χ0v) is 10.9. The SMILES string of the molecule is Cl.NCC1CCCCN1CC1CCCOC1. The van der Waals surface area contributed by atoms with Gasteiger partial charge in [0.05, 0.1) is 6.61 Å². The molecule has 2 rings (SSSR count). The number of hydrogen-bond donors (Lipinski definition) is 1. The molecule has 0 aromatic carbocycles. The number of nitrogens with zero attached hydrogens (tertiary/aromatic N) is 1. The Kier molecular flexibility index (Phi) is 6.66. The molecule has 2 heterocycles. The van der Waals surface area contributed by atoms with Gasteiger partial charge in [-0.3, -0.25) is 4.90 Å². The van der Waals surface area contributed by atoms with Crippen molar-refractivity contribution < 1.29 is 4.74 Å². The van der Waals surface area contributed by atoms with Crippen molar-refractivity contribution in [2.45, 2.75) is 38.1 Å². The van der Waals surface area contributed by atoms with Gasteiger partial charge in [-0.15, -0.1) is 12.4 Å². The van der Waals surface area contributed by atoms with Crippen molar-refractivity contribution in [2.24, 2.45) is 11.7 Å². The highest BCUT2D eigenvalue weighted by Gasteiger charge is 2.24. The lowest BCUT2D eigenvalue weighted by Gasteiger charge is -2.38. The summed E-state index contributed by atoms with van der Waals surface area (Å²) < 4.78 is 5.53. The number of halogens is 1. The molecule has 2 unspecified atom stereocenters. The van der Waals surface area contributed by atoms with E-state index in [1.54, 1.807) is 0 Å². The number of piperidine rings is 1. The highest BCUT2D eigenvalue weighted by molar-refractivity contribution is 5.85. The van der Waals surface area contributed by atoms with Crippen molar-refractivity contribution in [3.63, 3.8) is 0 Å². The highest BCUT2D eigenvalue weighted by Crippen LogP contribution is 2.21. The van der Waals surface area contributed by atoms with Crippen LogP contribution in [0.5, 0.6) is 0 Å². The molecule has 16 heavy (non-hydrogen) atoms. The first kappa shape index (κ1) is 14.2. The molecule has 2 saturated heterocycles. The minimum absolute atomic E-state index is 0. The van der Waals surface area contributed by atoms with Crippen LogP contribution in [0.2, 0.25) is 0 Å². The summed E-state index contributed by atoms with van der Waals surface area (Å²) in [5.74, 6) is 0.755. The molecule has 2 fully saturated rings. The fourth-order valence-corrected chi connectivity index (χ4v) is 2.85. The van der Waals surface area contributed by atoms with Crippen molar-refractivity contribution in [1.82, 2.24) is 4.90 Å². The molecule has 0 bridgehead atoms. The lowest BCUT2D eigenvalue weighted by Crippen LogP contribution is -2.47. The fourth-order valence-electron chi connectivity index (χ4n) is 2.85. The second kappa shape index (κ2) is 7.49. The van der Waals surface area contributed by atoms with E-state index in [4.69, 9.17) is 10.5 Å². The average Bonchev–Trinajstić information content (AvgIpc) is 2.31. The fraction of sp³-hybridized carbons (Fsp3) is 1.00. The molecule has 0 aliphatic carbocycles. The standard InChI is InChI=1S/C12H24N2O.ClH/c13-8-12-5-1-2-6-14(12)9-11-4-3-7-15-10-11;/h11-12H,1-10,13H2;1H. The maximum atomic E-state index is 5.83. The largest absolute Gasteiger partial charge is 0.381 e. The van der Waals surface area contributed by atoms with E-state index in [0.717, 1.165) is 25.7 Å². The molecule has 2 aliphatic rings. The number of likely N-dealkylation sites (tertiary alicyclic amines) is 1. The summed E-state index contributed by atoms with van der Waals surface area (Å²) in [4.78, 5) is 2.60. The second-order valence-corrected chi connectivity index (χ2v) is 4.96. The average molecular weight is 249 g/mol. The van der Waals surface area contributed by atoms with Gasteiger partial charge in [-0.05, 0) is 38.1 Å². The molecule has 3 nitrogen and oxygen atoms in total. The molecule has 0 saturated carbocycles. The lowest BCUT2D eigenvalue weighted by atomic mass is 9.97. The van der Waals surface area contributed by atoms with E-state index >= 15 is 0 Å². The molecule has 2 aliphatic heterocycles. The Labute approximate surface area is 105 Å². The predicted molar refractivity (Wildman–Crippen MR) is 69.1 cm³/mol. The first-order chi connectivity index (χ1) is 7.40. The quantitative estimate of drug-likeness (QED) is 0.826. The maximum absolute atomic E-state index is 5.83. The molecule has 96 valence electrons. The van der Waals surface area contributed by atoms with Crippen LogP contribution in [0.15, 0.2) is 0 Å². The Morgan fingerprint density at radius 3 is 2.75 bits per heavy atom. The lowest BCUT2D eigenvalue weighted by molar-refractivity contribution is 0.0255. The van der Waals surface area contributed by atoms with Gasteiger partial charge in [0.15, 0.2) is 0 Å². The van der Waals surface area contributed by atoms with Crippen LogP contribution in [0.1, 0.15) is 32.1 Å². The summed E-state index contributed by atoms with van der Waals surface area (Å²) in [7, 11) is 0. The van der Waals surface area contributed by atoms with Crippen molar-refractivity contribution in [3.8, 4) is 0 Å². The Balaban J connectivity index is 0.00000128. The molecule has 4 heteroatoms. The molecule has 0 spiro atoms. The Morgan fingerprint density at radius 2 is 2.06 bits per heavy atom. The third-order valence-corrected chi connectivity index (χ3v) is 3.77. The first-order valence-electron chi connectivity index (χ1n) is 6.42. The summed E-state index contributed by atoms with van der Waals surface area (Å²) in [5.41, 5.74) is 5.83. The van der Waals surface area contributed by atoms with Crippen molar-refractivity contribution in [2.75, 3.05) is 32.8 Å². The first-order valence-corrected chi connectivity index (χ1v) is 6.42. The van der Waals surface area contributed by atoms with Crippen molar-refractivity contribution in [3.05, 3.63) is 0 Å². The molecular weight excluding hydrogens is 224 g/mol. The maximum Gasteiger partial charge on any atom is 0.0506 e. The molecule has 0 radical (unpaired) electrons. The van der Waals surface area contributed by atoms with E-state index in [-0.39, 0.29) is 12.4 Å². The van der Waals surface area contributed by atoms with Gasteiger partial charge in [0, 0.05) is 25.7 Å². The van der Waals surface area contributed by atoms with Gasteiger partial charge in [-0.2, -0.15) is 0 Å². The number of hydrogen-bond acceptors (Lipinski definition) is 3. The summed E-state index contributed by atoms with van der Waals surface area (Å²) >= 11 is 0. The van der Waals surface area contributed by atoms with Gasteiger partial charge in [0.2, 0.25) is 0 Å². The molecular formula is C12H25ClN2O. The third kappa shape index (κ3) is 3.88. The van der Waals surface area contributed by atoms with Crippen LogP contribution < -0.4 is 5.73 Å². The smallest absolute Gasteiger partial charge is 0.0506 e. The van der Waals surface area contributed by atoms with Crippen LogP contribution >= 0.6 is 12.4 Å². The third-order valence-electron chi connectivity index (χ3n) is 3.77. The van der Waals surface area contributed by atoms with Crippen molar-refractivity contribution in [1.29, 1.82) is 0 Å². The van der Waals surface area contributed by atoms with E-state index in [0.29, 0.717) is 6.04 Å². The van der Waals surface area contributed by atoms with Gasteiger partial charge in [0.1, 0.15) is 0 Å². The summed E-state index contributed by atoms with van der Waals surface area (Å²) in [5, 5.41) is 0. The van der Waals surface area contributed by atoms with Gasteiger partial charge in [-0.1, -0.05) is 6.42 Å². The van der Waals surface area contributed by atoms with E-state index in [9.17, 15) is 0 Å². The van der Waals surface area contributed by atoms with E-state index < -0.39 is 0 Å². The Hall–Kier alpha value is 0.170.